The zero-order chi connectivity index (χ0) is 25.3. The van der Waals surface area contributed by atoms with E-state index >= 15 is 0 Å². The lowest BCUT2D eigenvalue weighted by Gasteiger charge is -2.67. The Labute approximate surface area is 203 Å². The highest BCUT2D eigenvalue weighted by Crippen LogP contribution is 2.79. The van der Waals surface area contributed by atoms with Gasteiger partial charge in [-0.05, 0) is 38.7 Å². The third-order valence-corrected chi connectivity index (χ3v) is 10.5. The van der Waals surface area contributed by atoms with E-state index in [0.717, 1.165) is 0 Å². The Balaban J connectivity index is 1.56. The molecule has 9 heteroatoms. The van der Waals surface area contributed by atoms with Crippen LogP contribution in [-0.2, 0) is 28.6 Å². The number of ether oxygens (including phenoxy) is 3. The van der Waals surface area contributed by atoms with Crippen LogP contribution >= 0.6 is 0 Å². The molecule has 1 aromatic heterocycles. The zero-order valence-electron chi connectivity index (χ0n) is 20.6. The van der Waals surface area contributed by atoms with Crippen LogP contribution in [0.3, 0.4) is 0 Å². The molecule has 190 valence electrons. The molecule has 0 aromatic carbocycles. The molecule has 3 saturated heterocycles. The summed E-state index contributed by atoms with van der Waals surface area (Å²) in [5.41, 5.74) is -4.81. The molecule has 6 rings (SSSR count). The third-order valence-electron chi connectivity index (χ3n) is 10.5. The minimum atomic E-state index is -1.49. The van der Waals surface area contributed by atoms with Gasteiger partial charge in [0.05, 0.1) is 31.0 Å². The number of rotatable bonds is 1. The van der Waals surface area contributed by atoms with Gasteiger partial charge in [0, 0.05) is 21.8 Å². The number of cyclic esters (lactones) is 2. The van der Waals surface area contributed by atoms with Gasteiger partial charge in [-0.25, -0.2) is 4.79 Å². The SMILES string of the molecule is CC1(C)OC(=O)CC(O)C2(C)C1C(=O)C(O)C1(C)C2CCC2(C)C(c3ccoc3)OC(=O)C3OC321. The van der Waals surface area contributed by atoms with Crippen molar-refractivity contribution in [2.45, 2.75) is 89.5 Å². The number of aliphatic hydroxyl groups excluding tert-OH is 2. The Morgan fingerprint density at radius 2 is 1.74 bits per heavy atom. The number of esters is 2. The molecule has 0 amide bonds. The van der Waals surface area contributed by atoms with Crippen molar-refractivity contribution in [1.82, 2.24) is 0 Å². The standard InChI is InChI=1S/C26H32O9/c1-22(2)17-16(29)18(30)25(5)13(24(17,4)14(27)10-15(28)34-22)6-8-23(3)19(12-7-9-32-11-12)33-21(31)20-26(23,25)35-20/h7,9,11,13-14,17-20,27,30H,6,8,10H2,1-5H3. The Morgan fingerprint density at radius 3 is 2.40 bits per heavy atom. The fourth-order valence-corrected chi connectivity index (χ4v) is 9.11. The van der Waals surface area contributed by atoms with Crippen LogP contribution in [0.1, 0.15) is 65.5 Å². The lowest BCUT2D eigenvalue weighted by atomic mass is 9.36. The number of ketones is 1. The van der Waals surface area contributed by atoms with E-state index in [9.17, 15) is 24.6 Å². The minimum absolute atomic E-state index is 0.249. The summed E-state index contributed by atoms with van der Waals surface area (Å²) in [6.45, 7) is 8.92. The molecule has 4 heterocycles. The van der Waals surface area contributed by atoms with E-state index in [1.807, 2.05) is 13.8 Å². The molecule has 3 aliphatic heterocycles. The summed E-state index contributed by atoms with van der Waals surface area (Å²) < 4.78 is 23.0. The first-order valence-corrected chi connectivity index (χ1v) is 12.3. The molecule has 1 aromatic rings. The molecular formula is C26H32O9. The second-order valence-corrected chi connectivity index (χ2v) is 12.3. The van der Waals surface area contributed by atoms with Gasteiger partial charge < -0.3 is 28.8 Å². The van der Waals surface area contributed by atoms with Gasteiger partial charge in [-0.3, -0.25) is 9.59 Å². The van der Waals surface area contributed by atoms with Crippen molar-refractivity contribution in [3.8, 4) is 0 Å². The van der Waals surface area contributed by atoms with E-state index in [1.54, 1.807) is 26.8 Å². The van der Waals surface area contributed by atoms with Crippen molar-refractivity contribution in [1.29, 1.82) is 0 Å². The van der Waals surface area contributed by atoms with Crippen LogP contribution in [0.5, 0.6) is 0 Å². The molecule has 10 atom stereocenters. The average Bonchev–Trinajstić information content (AvgIpc) is 3.35. The molecule has 1 spiro atoms. The molecule has 9 nitrogen and oxygen atoms in total. The van der Waals surface area contributed by atoms with Crippen molar-refractivity contribution >= 4 is 17.7 Å². The van der Waals surface area contributed by atoms with Gasteiger partial charge in [0.25, 0.3) is 0 Å². The minimum Gasteiger partial charge on any atom is -0.472 e. The second kappa shape index (κ2) is 6.55. The zero-order valence-corrected chi connectivity index (χ0v) is 20.6. The number of furan rings is 1. The first-order valence-electron chi connectivity index (χ1n) is 12.3. The topological polar surface area (TPSA) is 136 Å². The number of carbonyl (C=O) groups is 3. The first kappa shape index (κ1) is 23.2. The van der Waals surface area contributed by atoms with Crippen molar-refractivity contribution in [3.63, 3.8) is 0 Å². The van der Waals surface area contributed by atoms with Crippen LogP contribution < -0.4 is 0 Å². The van der Waals surface area contributed by atoms with Gasteiger partial charge >= 0.3 is 11.9 Å². The fourth-order valence-electron chi connectivity index (χ4n) is 9.11. The van der Waals surface area contributed by atoms with Gasteiger partial charge in [-0.15, -0.1) is 0 Å². The van der Waals surface area contributed by atoms with Crippen LogP contribution in [0.15, 0.2) is 23.0 Å². The molecule has 35 heavy (non-hydrogen) atoms. The van der Waals surface area contributed by atoms with E-state index in [0.29, 0.717) is 18.4 Å². The Bertz CT molecular complexity index is 1130. The number of hydrogen-bond acceptors (Lipinski definition) is 9. The van der Waals surface area contributed by atoms with Gasteiger partial charge in [-0.1, -0.05) is 20.8 Å². The molecule has 2 N–H and O–H groups in total. The molecule has 5 aliphatic rings. The van der Waals surface area contributed by atoms with Crippen molar-refractivity contribution < 1.29 is 43.2 Å². The van der Waals surface area contributed by atoms with Crippen LogP contribution in [0.25, 0.3) is 0 Å². The normalized spacial score (nSPS) is 52.1. The molecule has 2 aliphatic carbocycles. The maximum absolute atomic E-state index is 14.0. The Morgan fingerprint density at radius 1 is 1.03 bits per heavy atom. The monoisotopic (exact) mass is 488 g/mol. The lowest BCUT2D eigenvalue weighted by molar-refractivity contribution is -0.258. The Kier molecular flexibility index (Phi) is 4.34. The predicted molar refractivity (Wildman–Crippen MR) is 117 cm³/mol. The lowest BCUT2D eigenvalue weighted by Crippen LogP contribution is -2.76. The van der Waals surface area contributed by atoms with E-state index in [1.165, 1.54) is 12.5 Å². The summed E-state index contributed by atoms with van der Waals surface area (Å²) in [5, 5.41) is 23.2. The van der Waals surface area contributed by atoms with Crippen molar-refractivity contribution in [3.05, 3.63) is 24.2 Å². The van der Waals surface area contributed by atoms with Crippen LogP contribution in [0, 0.1) is 28.1 Å². The number of Topliss-reactive ketones (excluding diaryl/α,β-unsaturated/α-hetero) is 1. The molecule has 5 fully saturated rings. The fraction of sp³-hybridized carbons (Fsp3) is 0.731. The number of carbonyl (C=O) groups excluding carboxylic acids is 3. The van der Waals surface area contributed by atoms with Gasteiger partial charge in [0.2, 0.25) is 0 Å². The van der Waals surface area contributed by atoms with E-state index in [2.05, 4.69) is 0 Å². The van der Waals surface area contributed by atoms with Crippen LogP contribution in [0.4, 0.5) is 0 Å². The molecule has 2 saturated carbocycles. The summed E-state index contributed by atoms with van der Waals surface area (Å²) in [5.74, 6) is -2.99. The maximum Gasteiger partial charge on any atom is 0.339 e. The van der Waals surface area contributed by atoms with Crippen molar-refractivity contribution in [2.75, 3.05) is 0 Å². The van der Waals surface area contributed by atoms with Crippen molar-refractivity contribution in [2.24, 2.45) is 28.1 Å². The third kappa shape index (κ3) is 2.38. The summed E-state index contributed by atoms with van der Waals surface area (Å²) in [4.78, 5) is 39.7. The van der Waals surface area contributed by atoms with Gasteiger partial charge in [-0.2, -0.15) is 0 Å². The first-order chi connectivity index (χ1) is 16.3. The summed E-state index contributed by atoms with van der Waals surface area (Å²) >= 11 is 0. The summed E-state index contributed by atoms with van der Waals surface area (Å²) in [6.07, 6.45) is -0.395. The molecule has 0 radical (unpaired) electrons. The number of epoxide rings is 1. The van der Waals surface area contributed by atoms with Gasteiger partial charge in [0.15, 0.2) is 11.9 Å². The highest BCUT2D eigenvalue weighted by Gasteiger charge is 2.89. The van der Waals surface area contributed by atoms with Crippen LogP contribution in [-0.4, -0.2) is 57.4 Å². The highest BCUT2D eigenvalue weighted by atomic mass is 16.7. The maximum atomic E-state index is 14.0. The molecular weight excluding hydrogens is 456 g/mol. The van der Waals surface area contributed by atoms with Gasteiger partial charge in [0.1, 0.15) is 23.4 Å². The number of aliphatic hydroxyl groups is 2. The van der Waals surface area contributed by atoms with Crippen LogP contribution in [0.2, 0.25) is 0 Å². The summed E-state index contributed by atoms with van der Waals surface area (Å²) in [6, 6.07) is 1.74. The molecule has 0 bridgehead atoms. The average molecular weight is 489 g/mol. The number of hydrogen-bond donors (Lipinski definition) is 2. The predicted octanol–water partition coefficient (Wildman–Crippen LogP) is 2.09. The van der Waals surface area contributed by atoms with E-state index in [-0.39, 0.29) is 6.42 Å². The van der Waals surface area contributed by atoms with E-state index < -0.39 is 81.4 Å². The quantitative estimate of drug-likeness (QED) is 0.450. The summed E-state index contributed by atoms with van der Waals surface area (Å²) in [7, 11) is 0. The number of fused-ring (bicyclic) bond motifs is 3. The molecule has 10 unspecified atom stereocenters. The smallest absolute Gasteiger partial charge is 0.339 e. The van der Waals surface area contributed by atoms with E-state index in [4.69, 9.17) is 18.6 Å². The largest absolute Gasteiger partial charge is 0.472 e. The highest BCUT2D eigenvalue weighted by molar-refractivity contribution is 5.92. The Hall–Kier alpha value is -2.23. The second-order valence-electron chi connectivity index (χ2n) is 12.3.